The van der Waals surface area contributed by atoms with Crippen LogP contribution in [0.15, 0.2) is 11.6 Å². The fraction of sp³-hybridized carbons (Fsp3) is 0.818. The van der Waals surface area contributed by atoms with Crippen LogP contribution in [0.3, 0.4) is 0 Å². The minimum atomic E-state index is -0.688. The van der Waals surface area contributed by atoms with Gasteiger partial charge < -0.3 is 5.11 Å². The molecule has 3 saturated carbocycles. The third-order valence-electron chi connectivity index (χ3n) is 8.84. The first-order chi connectivity index (χ1) is 11.9. The van der Waals surface area contributed by atoms with E-state index in [1.54, 1.807) is 0 Å². The summed E-state index contributed by atoms with van der Waals surface area (Å²) in [6.07, 6.45) is 11.9. The molecule has 0 heterocycles. The van der Waals surface area contributed by atoms with Gasteiger partial charge in [-0.25, -0.2) is 0 Å². The third kappa shape index (κ3) is 2.44. The molecule has 0 radical (unpaired) electrons. The fourth-order valence-electron chi connectivity index (χ4n) is 7.74. The van der Waals surface area contributed by atoms with Gasteiger partial charge >= 0.3 is 5.97 Å². The van der Waals surface area contributed by atoms with Crippen molar-refractivity contribution in [3.8, 4) is 0 Å². The zero-order valence-electron chi connectivity index (χ0n) is 15.7. The lowest BCUT2D eigenvalue weighted by Crippen LogP contribution is -2.52. The van der Waals surface area contributed by atoms with E-state index in [2.05, 4.69) is 13.8 Å². The van der Waals surface area contributed by atoms with Gasteiger partial charge in [-0.15, -0.1) is 0 Å². The molecular weight excluding hydrogens is 312 g/mol. The second-order valence-corrected chi connectivity index (χ2v) is 9.51. The maximum atomic E-state index is 12.0. The lowest BCUT2D eigenvalue weighted by Gasteiger charge is -2.58. The molecule has 3 fully saturated rings. The Morgan fingerprint density at radius 2 is 1.96 bits per heavy atom. The molecule has 4 rings (SSSR count). The van der Waals surface area contributed by atoms with Gasteiger partial charge in [0, 0.05) is 11.8 Å². The zero-order chi connectivity index (χ0) is 17.8. The number of carbonyl (C=O) groups is 2. The Morgan fingerprint density at radius 1 is 1.16 bits per heavy atom. The van der Waals surface area contributed by atoms with E-state index in [4.69, 9.17) is 0 Å². The molecule has 4 aliphatic rings. The number of hydrogen-bond acceptors (Lipinski definition) is 2. The molecule has 0 unspecified atom stereocenters. The summed E-state index contributed by atoms with van der Waals surface area (Å²) in [7, 11) is 0. The van der Waals surface area contributed by atoms with E-state index in [1.165, 1.54) is 37.7 Å². The summed E-state index contributed by atoms with van der Waals surface area (Å²) in [4.78, 5) is 23.7. The van der Waals surface area contributed by atoms with Crippen molar-refractivity contribution >= 4 is 11.8 Å². The minimum absolute atomic E-state index is 0.210. The summed E-state index contributed by atoms with van der Waals surface area (Å²) in [5.74, 6) is 2.28. The number of rotatable bonds is 3. The summed E-state index contributed by atoms with van der Waals surface area (Å²) in [6, 6.07) is 0. The maximum Gasteiger partial charge on any atom is 0.304 e. The van der Waals surface area contributed by atoms with E-state index in [0.29, 0.717) is 23.7 Å². The molecule has 0 spiro atoms. The number of fused-ring (bicyclic) bond motifs is 5. The summed E-state index contributed by atoms with van der Waals surface area (Å²) < 4.78 is 0. The van der Waals surface area contributed by atoms with Crippen LogP contribution in [0, 0.1) is 34.5 Å². The Labute approximate surface area is 151 Å². The Balaban J connectivity index is 1.71. The third-order valence-corrected chi connectivity index (χ3v) is 8.84. The molecule has 0 bridgehead atoms. The second kappa shape index (κ2) is 5.96. The first kappa shape index (κ1) is 17.3. The topological polar surface area (TPSA) is 54.4 Å². The smallest absolute Gasteiger partial charge is 0.304 e. The molecule has 25 heavy (non-hydrogen) atoms. The predicted octanol–water partition coefficient (Wildman–Crippen LogP) is 5.00. The first-order valence-electron chi connectivity index (χ1n) is 10.4. The van der Waals surface area contributed by atoms with Gasteiger partial charge in [-0.05, 0) is 80.1 Å². The van der Waals surface area contributed by atoms with Crippen molar-refractivity contribution in [3.63, 3.8) is 0 Å². The van der Waals surface area contributed by atoms with Gasteiger partial charge in [-0.2, -0.15) is 0 Å². The largest absolute Gasteiger partial charge is 0.481 e. The van der Waals surface area contributed by atoms with Crippen LogP contribution < -0.4 is 0 Å². The van der Waals surface area contributed by atoms with Crippen LogP contribution in [0.2, 0.25) is 0 Å². The molecule has 138 valence electrons. The van der Waals surface area contributed by atoms with Crippen molar-refractivity contribution < 1.29 is 14.7 Å². The molecule has 6 atom stereocenters. The fourth-order valence-corrected chi connectivity index (χ4v) is 7.74. The van der Waals surface area contributed by atoms with Crippen molar-refractivity contribution in [2.24, 2.45) is 34.5 Å². The minimum Gasteiger partial charge on any atom is -0.481 e. The maximum absolute atomic E-state index is 12.0. The molecule has 0 saturated heterocycles. The van der Waals surface area contributed by atoms with Crippen molar-refractivity contribution in [2.75, 3.05) is 0 Å². The second-order valence-electron chi connectivity index (χ2n) is 9.51. The van der Waals surface area contributed by atoms with Crippen LogP contribution in [-0.2, 0) is 9.59 Å². The quantitative estimate of drug-likeness (QED) is 0.784. The van der Waals surface area contributed by atoms with E-state index < -0.39 is 5.97 Å². The van der Waals surface area contributed by atoms with Gasteiger partial charge in [-0.1, -0.05) is 25.8 Å². The van der Waals surface area contributed by atoms with Gasteiger partial charge in [0.15, 0.2) is 5.78 Å². The molecule has 0 aromatic carbocycles. The van der Waals surface area contributed by atoms with E-state index in [-0.39, 0.29) is 17.6 Å². The normalized spacial score (nSPS) is 46.0. The summed E-state index contributed by atoms with van der Waals surface area (Å²) >= 11 is 0. The van der Waals surface area contributed by atoms with E-state index in [9.17, 15) is 14.7 Å². The Kier molecular flexibility index (Phi) is 4.12. The van der Waals surface area contributed by atoms with Gasteiger partial charge in [0.2, 0.25) is 0 Å². The Hall–Kier alpha value is -1.12. The van der Waals surface area contributed by atoms with E-state index in [1.807, 2.05) is 6.08 Å². The number of allylic oxidation sites excluding steroid dienone is 1. The van der Waals surface area contributed by atoms with E-state index in [0.717, 1.165) is 31.1 Å². The average Bonchev–Trinajstić information content (AvgIpc) is 2.91. The molecule has 3 heteroatoms. The van der Waals surface area contributed by atoms with Crippen molar-refractivity contribution in [1.82, 2.24) is 0 Å². The SMILES string of the molecule is CC[C@@H]1CC[C@H]2[C@@H]3CCC4=CC(=O)CC[C@]4(CC(=O)O)[C@H]3CC[C@]12C. The van der Waals surface area contributed by atoms with Crippen LogP contribution in [0.1, 0.15) is 78.1 Å². The summed E-state index contributed by atoms with van der Waals surface area (Å²) in [6.45, 7) is 4.86. The van der Waals surface area contributed by atoms with Crippen LogP contribution >= 0.6 is 0 Å². The number of carbonyl (C=O) groups excluding carboxylic acids is 1. The van der Waals surface area contributed by atoms with Gasteiger partial charge in [0.05, 0.1) is 6.42 Å². The van der Waals surface area contributed by atoms with Crippen molar-refractivity contribution in [2.45, 2.75) is 78.1 Å². The van der Waals surface area contributed by atoms with Crippen LogP contribution in [0.4, 0.5) is 0 Å². The lowest BCUT2D eigenvalue weighted by atomic mass is 9.45. The van der Waals surface area contributed by atoms with Gasteiger partial charge in [-0.3, -0.25) is 9.59 Å². The molecule has 1 N–H and O–H groups in total. The molecule has 4 aliphatic carbocycles. The molecule has 0 aromatic heterocycles. The highest BCUT2D eigenvalue weighted by Gasteiger charge is 2.60. The predicted molar refractivity (Wildman–Crippen MR) is 97.1 cm³/mol. The lowest BCUT2D eigenvalue weighted by molar-refractivity contribution is -0.144. The van der Waals surface area contributed by atoms with Crippen molar-refractivity contribution in [3.05, 3.63) is 11.6 Å². The average molecular weight is 344 g/mol. The standard InChI is InChI=1S/C22H32O3/c1-3-14-5-7-18-17-6-4-15-12-16(23)8-11-22(15,13-20(24)25)19(17)9-10-21(14,18)2/h12,14,17-19H,3-11,13H2,1-2H3,(H,24,25)/t14-,17+,18+,19+,21-,22-/m1/s1. The number of carboxylic acids is 1. The number of ketones is 1. The molecular formula is C22H32O3. The Bertz CT molecular complexity index is 621. The number of aliphatic carboxylic acids is 1. The highest BCUT2D eigenvalue weighted by molar-refractivity contribution is 5.92. The first-order valence-corrected chi connectivity index (χ1v) is 10.4. The summed E-state index contributed by atoms with van der Waals surface area (Å²) in [5.41, 5.74) is 1.42. The van der Waals surface area contributed by atoms with Crippen molar-refractivity contribution in [1.29, 1.82) is 0 Å². The number of hydrogen-bond donors (Lipinski definition) is 1. The Morgan fingerprint density at radius 3 is 2.68 bits per heavy atom. The van der Waals surface area contributed by atoms with Gasteiger partial charge in [0.1, 0.15) is 0 Å². The molecule has 0 aromatic rings. The molecule has 3 nitrogen and oxygen atoms in total. The summed E-state index contributed by atoms with van der Waals surface area (Å²) in [5, 5.41) is 9.66. The number of carboxylic acid groups (broad SMARTS) is 1. The highest BCUT2D eigenvalue weighted by atomic mass is 16.4. The van der Waals surface area contributed by atoms with E-state index >= 15 is 0 Å². The van der Waals surface area contributed by atoms with Crippen LogP contribution in [0.5, 0.6) is 0 Å². The van der Waals surface area contributed by atoms with Crippen LogP contribution in [0.25, 0.3) is 0 Å². The molecule has 0 aliphatic heterocycles. The monoisotopic (exact) mass is 344 g/mol. The molecule has 0 amide bonds. The van der Waals surface area contributed by atoms with Gasteiger partial charge in [0.25, 0.3) is 0 Å². The van der Waals surface area contributed by atoms with Crippen LogP contribution in [-0.4, -0.2) is 16.9 Å². The zero-order valence-corrected chi connectivity index (χ0v) is 15.7. The highest BCUT2D eigenvalue weighted by Crippen LogP contribution is 2.67.